The Labute approximate surface area is 199 Å². The number of amides is 1. The molecule has 0 saturated heterocycles. The van der Waals surface area contributed by atoms with E-state index in [0.717, 1.165) is 42.2 Å². The molecule has 1 aliphatic carbocycles. The Balaban J connectivity index is 1.44. The van der Waals surface area contributed by atoms with E-state index in [1.165, 1.54) is 23.7 Å². The summed E-state index contributed by atoms with van der Waals surface area (Å²) in [6.07, 6.45) is 4.49. The molecule has 2 aromatic carbocycles. The van der Waals surface area contributed by atoms with Gasteiger partial charge >= 0.3 is 0 Å². The highest BCUT2D eigenvalue weighted by molar-refractivity contribution is 7.99. The number of carbonyl (C=O) groups is 1. The molecule has 4 rings (SSSR count). The van der Waals surface area contributed by atoms with E-state index in [1.807, 2.05) is 47.0 Å². The largest absolute Gasteiger partial charge is 0.378 e. The van der Waals surface area contributed by atoms with Gasteiger partial charge in [-0.05, 0) is 56.4 Å². The van der Waals surface area contributed by atoms with Crippen LogP contribution in [-0.2, 0) is 11.3 Å². The van der Waals surface area contributed by atoms with Gasteiger partial charge in [-0.2, -0.15) is 5.10 Å². The second-order valence-corrected chi connectivity index (χ2v) is 9.31. The van der Waals surface area contributed by atoms with Crippen molar-refractivity contribution in [3.63, 3.8) is 0 Å². The van der Waals surface area contributed by atoms with Gasteiger partial charge in [-0.25, -0.2) is 5.43 Å². The first-order chi connectivity index (χ1) is 16.1. The van der Waals surface area contributed by atoms with Gasteiger partial charge < -0.3 is 5.32 Å². The van der Waals surface area contributed by atoms with Gasteiger partial charge in [-0.3, -0.25) is 9.36 Å². The van der Waals surface area contributed by atoms with Crippen LogP contribution >= 0.6 is 11.8 Å². The maximum Gasteiger partial charge on any atom is 0.250 e. The lowest BCUT2D eigenvalue weighted by atomic mass is 9.89. The number of hydrazone groups is 1. The summed E-state index contributed by atoms with van der Waals surface area (Å²) in [7, 11) is 0. The number of thioether (sulfide) groups is 1. The van der Waals surface area contributed by atoms with Gasteiger partial charge in [0.15, 0.2) is 11.0 Å². The third kappa shape index (κ3) is 6.22. The number of aromatic nitrogens is 3. The smallest absolute Gasteiger partial charge is 0.250 e. The SMILES string of the molecule is Cc1ccc(NCc2nnc(SCC(=O)N/N=C3/CCCCC3C)n2-c2ccccc2)cc1. The van der Waals surface area contributed by atoms with Crippen LogP contribution in [0.2, 0.25) is 0 Å². The molecule has 8 heteroatoms. The molecule has 1 fully saturated rings. The van der Waals surface area contributed by atoms with E-state index in [9.17, 15) is 4.79 Å². The number of rotatable bonds is 8. The second-order valence-electron chi connectivity index (χ2n) is 8.36. The Morgan fingerprint density at radius 2 is 1.91 bits per heavy atom. The monoisotopic (exact) mass is 462 g/mol. The van der Waals surface area contributed by atoms with Crippen molar-refractivity contribution in [2.45, 2.75) is 51.2 Å². The molecule has 0 spiro atoms. The third-order valence-corrected chi connectivity index (χ3v) is 6.69. The second kappa shape index (κ2) is 11.1. The molecule has 3 aromatic rings. The Morgan fingerprint density at radius 3 is 2.67 bits per heavy atom. The Bertz CT molecular complexity index is 1090. The number of benzene rings is 2. The van der Waals surface area contributed by atoms with Crippen LogP contribution in [0.5, 0.6) is 0 Å². The number of nitrogens with zero attached hydrogens (tertiary/aromatic N) is 4. The van der Waals surface area contributed by atoms with E-state index in [2.05, 4.69) is 52.0 Å². The zero-order valence-electron chi connectivity index (χ0n) is 19.1. The number of nitrogens with one attached hydrogen (secondary N) is 2. The Kier molecular flexibility index (Phi) is 7.78. The highest BCUT2D eigenvalue weighted by Crippen LogP contribution is 2.23. The quantitative estimate of drug-likeness (QED) is 0.365. The molecule has 0 aliphatic heterocycles. The molecule has 1 atom stereocenters. The average Bonchev–Trinajstić information content (AvgIpc) is 3.25. The molecule has 1 unspecified atom stereocenters. The van der Waals surface area contributed by atoms with E-state index in [-0.39, 0.29) is 11.7 Å². The zero-order chi connectivity index (χ0) is 23.0. The molecule has 1 heterocycles. The van der Waals surface area contributed by atoms with Crippen LogP contribution < -0.4 is 10.7 Å². The van der Waals surface area contributed by atoms with Gasteiger partial charge in [0.05, 0.1) is 12.3 Å². The van der Waals surface area contributed by atoms with Crippen molar-refractivity contribution >= 4 is 29.1 Å². The van der Waals surface area contributed by atoms with Crippen LogP contribution in [0.3, 0.4) is 0 Å². The molecule has 2 N–H and O–H groups in total. The van der Waals surface area contributed by atoms with Gasteiger partial charge in [-0.15, -0.1) is 10.2 Å². The van der Waals surface area contributed by atoms with Crippen molar-refractivity contribution < 1.29 is 4.79 Å². The molecule has 0 bridgehead atoms. The van der Waals surface area contributed by atoms with Crippen molar-refractivity contribution in [3.8, 4) is 5.69 Å². The van der Waals surface area contributed by atoms with Crippen LogP contribution in [0.1, 0.15) is 44.0 Å². The number of aryl methyl sites for hydroxylation is 1. The molecule has 1 saturated carbocycles. The van der Waals surface area contributed by atoms with Crippen molar-refractivity contribution in [1.29, 1.82) is 0 Å². The van der Waals surface area contributed by atoms with E-state index in [4.69, 9.17) is 0 Å². The van der Waals surface area contributed by atoms with Crippen LogP contribution in [-0.4, -0.2) is 32.1 Å². The van der Waals surface area contributed by atoms with E-state index >= 15 is 0 Å². The van der Waals surface area contributed by atoms with Crippen molar-refractivity contribution in [1.82, 2.24) is 20.2 Å². The summed E-state index contributed by atoms with van der Waals surface area (Å²) in [5.41, 5.74) is 7.02. The van der Waals surface area contributed by atoms with Gasteiger partial charge in [0.2, 0.25) is 0 Å². The third-order valence-electron chi connectivity index (χ3n) is 5.76. The van der Waals surface area contributed by atoms with Gasteiger partial charge in [0, 0.05) is 17.1 Å². The van der Waals surface area contributed by atoms with Gasteiger partial charge in [0.25, 0.3) is 5.91 Å². The number of anilines is 1. The van der Waals surface area contributed by atoms with E-state index < -0.39 is 0 Å². The first-order valence-corrected chi connectivity index (χ1v) is 12.4. The Hall–Kier alpha value is -3.13. The average molecular weight is 463 g/mol. The highest BCUT2D eigenvalue weighted by atomic mass is 32.2. The normalized spacial score (nSPS) is 17.2. The predicted octanol–water partition coefficient (Wildman–Crippen LogP) is 4.96. The minimum atomic E-state index is -0.132. The summed E-state index contributed by atoms with van der Waals surface area (Å²) < 4.78 is 1.99. The first-order valence-electron chi connectivity index (χ1n) is 11.4. The summed E-state index contributed by atoms with van der Waals surface area (Å²) in [6, 6.07) is 18.2. The van der Waals surface area contributed by atoms with E-state index in [0.29, 0.717) is 17.6 Å². The summed E-state index contributed by atoms with van der Waals surface area (Å²) >= 11 is 1.36. The summed E-state index contributed by atoms with van der Waals surface area (Å²) in [6.45, 7) is 4.76. The van der Waals surface area contributed by atoms with Crippen LogP contribution in [0, 0.1) is 12.8 Å². The summed E-state index contributed by atoms with van der Waals surface area (Å²) in [5, 5.41) is 17.2. The van der Waals surface area contributed by atoms with Gasteiger partial charge in [0.1, 0.15) is 0 Å². The lowest BCUT2D eigenvalue weighted by Crippen LogP contribution is -2.25. The minimum Gasteiger partial charge on any atom is -0.378 e. The molecular formula is C25H30N6OS. The molecule has 1 amide bonds. The number of hydrogen-bond acceptors (Lipinski definition) is 6. The molecule has 1 aromatic heterocycles. The molecular weight excluding hydrogens is 432 g/mol. The number of hydrogen-bond donors (Lipinski definition) is 2. The van der Waals surface area contributed by atoms with Crippen LogP contribution in [0.15, 0.2) is 64.9 Å². The maximum absolute atomic E-state index is 12.4. The fourth-order valence-corrected chi connectivity index (χ4v) is 4.59. The van der Waals surface area contributed by atoms with Crippen LogP contribution in [0.25, 0.3) is 5.69 Å². The molecule has 7 nitrogen and oxygen atoms in total. The molecule has 0 radical (unpaired) electrons. The predicted molar refractivity (Wildman–Crippen MR) is 134 cm³/mol. The van der Waals surface area contributed by atoms with Crippen LogP contribution in [0.4, 0.5) is 5.69 Å². The van der Waals surface area contributed by atoms with Crippen molar-refractivity contribution in [3.05, 3.63) is 66.0 Å². The maximum atomic E-state index is 12.4. The molecule has 33 heavy (non-hydrogen) atoms. The molecule has 172 valence electrons. The number of carbonyl (C=O) groups excluding carboxylic acids is 1. The van der Waals surface area contributed by atoms with E-state index in [1.54, 1.807) is 0 Å². The first kappa shape index (κ1) is 23.0. The highest BCUT2D eigenvalue weighted by Gasteiger charge is 2.18. The fraction of sp³-hybridized carbons (Fsp3) is 0.360. The van der Waals surface area contributed by atoms with Crippen molar-refractivity contribution in [2.75, 3.05) is 11.1 Å². The summed E-state index contributed by atoms with van der Waals surface area (Å²) in [4.78, 5) is 12.4. The van der Waals surface area contributed by atoms with Gasteiger partial charge in [-0.1, -0.05) is 61.0 Å². The zero-order valence-corrected chi connectivity index (χ0v) is 19.9. The topological polar surface area (TPSA) is 84.2 Å². The van der Waals surface area contributed by atoms with Crippen molar-refractivity contribution in [2.24, 2.45) is 11.0 Å². The lowest BCUT2D eigenvalue weighted by molar-refractivity contribution is -0.118. The molecule has 1 aliphatic rings. The standard InChI is InChI=1S/C25H30N6OS/c1-18-12-14-20(15-13-18)26-16-23-28-30-25(31(23)21-9-4-3-5-10-21)33-17-24(32)29-27-22-11-7-6-8-19(22)2/h3-5,9-10,12-15,19,26H,6-8,11,16-17H2,1-2H3,(H,29,32)/b27-22-. The lowest BCUT2D eigenvalue weighted by Gasteiger charge is -2.19. The Morgan fingerprint density at radius 1 is 1.12 bits per heavy atom. The minimum absolute atomic E-state index is 0.132. The fourth-order valence-electron chi connectivity index (χ4n) is 3.83. The number of para-hydroxylation sites is 1. The summed E-state index contributed by atoms with van der Waals surface area (Å²) in [5.74, 6) is 1.31.